The lowest BCUT2D eigenvalue weighted by Crippen LogP contribution is -2.56. The van der Waals surface area contributed by atoms with E-state index in [2.05, 4.69) is 13.8 Å². The minimum absolute atomic E-state index is 0.00329. The van der Waals surface area contributed by atoms with Crippen molar-refractivity contribution in [1.82, 2.24) is 0 Å². The van der Waals surface area contributed by atoms with E-state index in [1.54, 1.807) is 0 Å². The van der Waals surface area contributed by atoms with E-state index >= 15 is 0 Å². The fraction of sp³-hybridized carbons (Fsp3) is 1.00. The third-order valence-corrected chi connectivity index (χ3v) is 12.2. The molecule has 8 aliphatic rings. The lowest BCUT2D eigenvalue weighted by molar-refractivity contribution is -0.287. The Morgan fingerprint density at radius 2 is 1.04 bits per heavy atom. The number of ether oxygens (including phenoxy) is 4. The summed E-state index contributed by atoms with van der Waals surface area (Å²) in [5, 5.41) is 0. The summed E-state index contributed by atoms with van der Waals surface area (Å²) in [4.78, 5) is 0. The molecule has 0 aromatic rings. The van der Waals surface area contributed by atoms with Crippen LogP contribution in [0.25, 0.3) is 0 Å². The van der Waals surface area contributed by atoms with Gasteiger partial charge in [-0.3, -0.25) is 0 Å². The first kappa shape index (κ1) is 16.5. The highest BCUT2D eigenvalue weighted by Crippen LogP contribution is 2.87. The molecule has 0 spiro atoms. The Labute approximate surface area is 168 Å². The average molecular weight is 387 g/mol. The van der Waals surface area contributed by atoms with Crippen molar-refractivity contribution in [3.8, 4) is 0 Å². The molecule has 0 N–H and O–H groups in total. The number of hydrogen-bond donors (Lipinski definition) is 0. The minimum atomic E-state index is -0.00329. The van der Waals surface area contributed by atoms with Gasteiger partial charge in [-0.25, -0.2) is 0 Å². The monoisotopic (exact) mass is 386 g/mol. The highest BCUT2D eigenvalue weighted by Gasteiger charge is 2.87. The fourth-order valence-electron chi connectivity index (χ4n) is 12.4. The van der Waals surface area contributed by atoms with Gasteiger partial charge in [0, 0.05) is 25.0 Å². The molecule has 0 unspecified atom stereocenters. The summed E-state index contributed by atoms with van der Waals surface area (Å²) in [5.74, 6) is 7.96. The molecular weight excluding hydrogens is 352 g/mol. The van der Waals surface area contributed by atoms with Crippen molar-refractivity contribution in [1.29, 1.82) is 0 Å². The Morgan fingerprint density at radius 1 is 0.607 bits per heavy atom. The van der Waals surface area contributed by atoms with E-state index in [1.807, 2.05) is 14.2 Å². The van der Waals surface area contributed by atoms with Crippen molar-refractivity contribution in [2.75, 3.05) is 14.2 Å². The molecule has 2 saturated heterocycles. The topological polar surface area (TPSA) is 36.9 Å². The first-order chi connectivity index (χ1) is 13.6. The van der Waals surface area contributed by atoms with E-state index in [-0.39, 0.29) is 23.4 Å². The second-order valence-corrected chi connectivity index (χ2v) is 12.1. The van der Waals surface area contributed by atoms with Crippen LogP contribution in [-0.2, 0) is 18.9 Å². The molecular formula is C24H34O4. The van der Waals surface area contributed by atoms with Crippen LogP contribution in [0.3, 0.4) is 0 Å². The molecule has 0 amide bonds. The van der Waals surface area contributed by atoms with Gasteiger partial charge in [0.05, 0.1) is 12.2 Å². The van der Waals surface area contributed by atoms with E-state index in [4.69, 9.17) is 18.9 Å². The zero-order chi connectivity index (χ0) is 18.7. The maximum absolute atomic E-state index is 6.78. The number of rotatable bonds is 2. The highest BCUT2D eigenvalue weighted by atomic mass is 16.7. The van der Waals surface area contributed by atoms with Gasteiger partial charge in [0.15, 0.2) is 12.6 Å². The van der Waals surface area contributed by atoms with Gasteiger partial charge in [-0.15, -0.1) is 0 Å². The van der Waals surface area contributed by atoms with Gasteiger partial charge < -0.3 is 18.9 Å². The quantitative estimate of drug-likeness (QED) is 0.727. The summed E-state index contributed by atoms with van der Waals surface area (Å²) in [5.41, 5.74) is 0.396. The molecule has 6 saturated carbocycles. The highest BCUT2D eigenvalue weighted by molar-refractivity contribution is 5.32. The third-order valence-electron chi connectivity index (χ3n) is 12.2. The standard InChI is InChI=1S/C24H34O4/c1-23-17-9-5-7-12-14(9)20-15(17)16-18(24(20,2)22(26-4)28-12)10-6-8-11(13(10)19(16)23)27-21(23)25-3/h9-22H,5-8H2,1-4H3/t9-,10-,11-,12+,13+,14+,15-,16-,17+,18-,19-,20+,21+,22+,23+,24+/m1/s1. The van der Waals surface area contributed by atoms with E-state index in [0.717, 1.165) is 59.2 Å². The van der Waals surface area contributed by atoms with Crippen LogP contribution in [0.15, 0.2) is 0 Å². The van der Waals surface area contributed by atoms with Gasteiger partial charge in [0.1, 0.15) is 0 Å². The fourth-order valence-corrected chi connectivity index (χ4v) is 12.4. The van der Waals surface area contributed by atoms with Crippen LogP contribution < -0.4 is 0 Å². The Hall–Kier alpha value is -0.160. The molecule has 4 heteroatoms. The zero-order valence-corrected chi connectivity index (χ0v) is 17.5. The summed E-state index contributed by atoms with van der Waals surface area (Å²) >= 11 is 0. The smallest absolute Gasteiger partial charge is 0.163 e. The van der Waals surface area contributed by atoms with Crippen LogP contribution >= 0.6 is 0 Å². The van der Waals surface area contributed by atoms with E-state index in [0.29, 0.717) is 12.2 Å². The van der Waals surface area contributed by atoms with E-state index in [1.165, 1.54) is 25.7 Å². The molecule has 2 aliphatic heterocycles. The minimum Gasteiger partial charge on any atom is -0.355 e. The summed E-state index contributed by atoms with van der Waals surface area (Å²) in [6.45, 7) is 5.17. The molecule has 154 valence electrons. The largest absolute Gasteiger partial charge is 0.355 e. The first-order valence-electron chi connectivity index (χ1n) is 11.9. The predicted molar refractivity (Wildman–Crippen MR) is 101 cm³/mol. The van der Waals surface area contributed by atoms with Gasteiger partial charge in [-0.2, -0.15) is 0 Å². The van der Waals surface area contributed by atoms with Crippen molar-refractivity contribution in [2.24, 2.45) is 70.0 Å². The number of hydrogen-bond acceptors (Lipinski definition) is 4. The zero-order valence-electron chi connectivity index (χ0n) is 17.5. The molecule has 8 fully saturated rings. The molecule has 8 rings (SSSR count). The molecule has 6 aliphatic carbocycles. The van der Waals surface area contributed by atoms with Crippen molar-refractivity contribution >= 4 is 0 Å². The van der Waals surface area contributed by atoms with Crippen LogP contribution in [0.5, 0.6) is 0 Å². The predicted octanol–water partition coefficient (Wildman–Crippen LogP) is 3.55. The molecule has 0 aromatic carbocycles. The summed E-state index contributed by atoms with van der Waals surface area (Å²) in [6.07, 6.45) is 5.99. The van der Waals surface area contributed by atoms with Crippen molar-refractivity contribution < 1.29 is 18.9 Å². The number of fused-ring (bicyclic) bond motifs is 4. The van der Waals surface area contributed by atoms with Crippen molar-refractivity contribution in [3.05, 3.63) is 0 Å². The first-order valence-corrected chi connectivity index (χ1v) is 11.9. The molecule has 16 atom stereocenters. The molecule has 4 nitrogen and oxygen atoms in total. The van der Waals surface area contributed by atoms with Gasteiger partial charge in [-0.1, -0.05) is 13.8 Å². The Balaban J connectivity index is 1.41. The number of methoxy groups -OCH3 is 2. The summed E-state index contributed by atoms with van der Waals surface area (Å²) in [7, 11) is 3.80. The van der Waals surface area contributed by atoms with Gasteiger partial charge >= 0.3 is 0 Å². The van der Waals surface area contributed by atoms with Crippen LogP contribution in [0.2, 0.25) is 0 Å². The lowest BCUT2D eigenvalue weighted by atomic mass is 9.61. The second kappa shape index (κ2) is 4.69. The molecule has 0 bridgehead atoms. The Bertz CT molecular complexity index is 693. The van der Waals surface area contributed by atoms with Crippen LogP contribution in [0, 0.1) is 70.0 Å². The van der Waals surface area contributed by atoms with Crippen LogP contribution in [0.4, 0.5) is 0 Å². The molecule has 28 heavy (non-hydrogen) atoms. The van der Waals surface area contributed by atoms with E-state index < -0.39 is 0 Å². The van der Waals surface area contributed by atoms with Crippen LogP contribution in [-0.4, -0.2) is 39.0 Å². The molecule has 2 heterocycles. The maximum atomic E-state index is 6.78. The molecule has 0 aromatic heterocycles. The van der Waals surface area contributed by atoms with Gasteiger partial charge in [-0.05, 0) is 84.9 Å². The van der Waals surface area contributed by atoms with Crippen LogP contribution in [0.1, 0.15) is 39.5 Å². The third kappa shape index (κ3) is 1.32. The van der Waals surface area contributed by atoms with Gasteiger partial charge in [0.25, 0.3) is 0 Å². The lowest BCUT2D eigenvalue weighted by Gasteiger charge is -2.53. The average Bonchev–Trinajstić information content (AvgIpc) is 3.44. The maximum Gasteiger partial charge on any atom is 0.163 e. The SMILES string of the molecule is CO[C@H]1O[C@H]2CC[C@@H]3[C@@H]2[C@H]2[C@@H]4[C@H]5[C@H]6[C@H]7[C@@H](CC[C@H]7O[C@H](OC)[C@@]6(C)[C@@H]34)[C@H]5[C@]12C. The summed E-state index contributed by atoms with van der Waals surface area (Å²) in [6, 6.07) is 0. The molecule has 0 radical (unpaired) electrons. The Morgan fingerprint density at radius 3 is 1.43 bits per heavy atom. The van der Waals surface area contributed by atoms with E-state index in [9.17, 15) is 0 Å². The van der Waals surface area contributed by atoms with Crippen molar-refractivity contribution in [2.45, 2.75) is 64.3 Å². The van der Waals surface area contributed by atoms with Gasteiger partial charge in [0.2, 0.25) is 0 Å². The second-order valence-electron chi connectivity index (χ2n) is 12.1. The van der Waals surface area contributed by atoms with Crippen molar-refractivity contribution in [3.63, 3.8) is 0 Å². The Kier molecular flexibility index (Phi) is 2.77. The summed E-state index contributed by atoms with van der Waals surface area (Å²) < 4.78 is 25.9. The normalized spacial score (nSPS) is 74.1.